The summed E-state index contributed by atoms with van der Waals surface area (Å²) in [5.41, 5.74) is 14.5. The smallest absolute Gasteiger partial charge is 0.143 e. The van der Waals surface area contributed by atoms with E-state index in [9.17, 15) is 0 Å². The molecule has 0 atom stereocenters. The number of hydrogen-bond donors (Lipinski definition) is 0. The van der Waals surface area contributed by atoms with Gasteiger partial charge in [-0.1, -0.05) is 164 Å². The molecule has 0 aliphatic carbocycles. The van der Waals surface area contributed by atoms with Crippen LogP contribution in [0.15, 0.2) is 217 Å². The van der Waals surface area contributed by atoms with Crippen LogP contribution >= 0.6 is 0 Å². The van der Waals surface area contributed by atoms with Crippen molar-refractivity contribution in [3.63, 3.8) is 0 Å². The fourth-order valence-corrected chi connectivity index (χ4v) is 7.86. The number of hydrogen-bond acceptors (Lipinski definition) is 2. The highest BCUT2D eigenvalue weighted by Crippen LogP contribution is 2.45. The van der Waals surface area contributed by atoms with Crippen LogP contribution in [0.2, 0.25) is 0 Å². The van der Waals surface area contributed by atoms with Crippen LogP contribution in [-0.2, 0) is 0 Å². The normalized spacial score (nSPS) is 11.3. The maximum absolute atomic E-state index is 6.76. The van der Waals surface area contributed by atoms with Gasteiger partial charge in [0.2, 0.25) is 0 Å². The molecule has 0 bridgehead atoms. The van der Waals surface area contributed by atoms with Crippen LogP contribution < -0.4 is 4.90 Å². The van der Waals surface area contributed by atoms with Gasteiger partial charge in [0.15, 0.2) is 0 Å². The van der Waals surface area contributed by atoms with Gasteiger partial charge in [0.1, 0.15) is 11.2 Å². The van der Waals surface area contributed by atoms with Crippen LogP contribution in [0.4, 0.5) is 17.1 Å². The van der Waals surface area contributed by atoms with Crippen molar-refractivity contribution in [2.45, 2.75) is 0 Å². The number of nitrogens with zero attached hydrogens (tertiary/aromatic N) is 1. The standard InChI is InChI=1S/C52H35NO/c1-4-13-36(14-5-1)38-23-29-43(30-24-38)53(44-31-25-39(26-32-44)37-15-6-2-7-16-37)45-33-27-40(28-34-45)46-21-12-22-49-51(46)48-35-42-19-10-11-20-47(42)50(52(48)54-49)41-17-8-3-9-18-41/h1-35H. The van der Waals surface area contributed by atoms with E-state index in [1.165, 1.54) is 33.0 Å². The summed E-state index contributed by atoms with van der Waals surface area (Å²) in [4.78, 5) is 2.33. The average molecular weight is 690 g/mol. The number of anilines is 3. The molecule has 1 heterocycles. The van der Waals surface area contributed by atoms with Crippen LogP contribution in [0.3, 0.4) is 0 Å². The Bertz CT molecular complexity index is 2790. The lowest BCUT2D eigenvalue weighted by Crippen LogP contribution is -2.09. The molecule has 0 amide bonds. The summed E-state index contributed by atoms with van der Waals surface area (Å²) in [5, 5.41) is 4.65. The third-order valence-electron chi connectivity index (χ3n) is 10.5. The summed E-state index contributed by atoms with van der Waals surface area (Å²) < 4.78 is 6.76. The molecule has 0 spiro atoms. The van der Waals surface area contributed by atoms with E-state index in [4.69, 9.17) is 4.42 Å². The van der Waals surface area contributed by atoms with Crippen LogP contribution in [0.25, 0.3) is 77.2 Å². The van der Waals surface area contributed by atoms with Gasteiger partial charge in [-0.25, -0.2) is 0 Å². The van der Waals surface area contributed by atoms with Crippen LogP contribution in [0.1, 0.15) is 0 Å². The molecular formula is C52H35NO. The number of furan rings is 1. The summed E-state index contributed by atoms with van der Waals surface area (Å²) in [6.07, 6.45) is 0. The Morgan fingerprint density at radius 3 is 1.35 bits per heavy atom. The molecule has 10 rings (SSSR count). The zero-order chi connectivity index (χ0) is 35.8. The van der Waals surface area contributed by atoms with Gasteiger partial charge in [-0.2, -0.15) is 0 Å². The number of rotatable bonds is 7. The zero-order valence-corrected chi connectivity index (χ0v) is 29.6. The Kier molecular flexibility index (Phi) is 7.85. The molecule has 0 aliphatic rings. The number of fused-ring (bicyclic) bond motifs is 4. The lowest BCUT2D eigenvalue weighted by Gasteiger charge is -2.26. The van der Waals surface area contributed by atoms with Gasteiger partial charge in [0.25, 0.3) is 0 Å². The van der Waals surface area contributed by atoms with E-state index in [2.05, 4.69) is 217 Å². The zero-order valence-electron chi connectivity index (χ0n) is 29.6. The predicted molar refractivity (Wildman–Crippen MR) is 228 cm³/mol. The van der Waals surface area contributed by atoms with Crippen molar-refractivity contribution in [3.8, 4) is 44.5 Å². The molecule has 254 valence electrons. The summed E-state index contributed by atoms with van der Waals surface area (Å²) in [7, 11) is 0. The van der Waals surface area contributed by atoms with E-state index in [-0.39, 0.29) is 0 Å². The van der Waals surface area contributed by atoms with Crippen molar-refractivity contribution in [3.05, 3.63) is 212 Å². The van der Waals surface area contributed by atoms with Crippen molar-refractivity contribution >= 4 is 49.8 Å². The van der Waals surface area contributed by atoms with Crippen LogP contribution in [0, 0.1) is 0 Å². The molecule has 10 aromatic rings. The molecule has 2 nitrogen and oxygen atoms in total. The van der Waals surface area contributed by atoms with E-state index < -0.39 is 0 Å². The minimum absolute atomic E-state index is 0.887. The molecule has 0 unspecified atom stereocenters. The summed E-state index contributed by atoms with van der Waals surface area (Å²) in [5.74, 6) is 0. The van der Waals surface area contributed by atoms with Crippen molar-refractivity contribution in [1.29, 1.82) is 0 Å². The molecule has 0 saturated carbocycles. The van der Waals surface area contributed by atoms with Gasteiger partial charge in [-0.15, -0.1) is 0 Å². The van der Waals surface area contributed by atoms with E-state index in [1.807, 2.05) is 0 Å². The van der Waals surface area contributed by atoms with Gasteiger partial charge in [-0.05, 0) is 98.2 Å². The molecule has 2 heteroatoms. The third kappa shape index (κ3) is 5.62. The average Bonchev–Trinajstić information content (AvgIpc) is 3.63. The fourth-order valence-electron chi connectivity index (χ4n) is 7.86. The van der Waals surface area contributed by atoms with E-state index in [1.54, 1.807) is 0 Å². The molecule has 0 saturated heterocycles. The van der Waals surface area contributed by atoms with Gasteiger partial charge in [-0.3, -0.25) is 0 Å². The lowest BCUT2D eigenvalue weighted by atomic mass is 9.93. The SMILES string of the molecule is c1ccc(-c2ccc(N(c3ccc(-c4ccccc4)cc3)c3ccc(-c4cccc5oc6c(-c7ccccc7)c7ccccc7cc6c45)cc3)cc2)cc1. The fraction of sp³-hybridized carbons (Fsp3) is 0. The van der Waals surface area contributed by atoms with Crippen molar-refractivity contribution in [2.24, 2.45) is 0 Å². The van der Waals surface area contributed by atoms with Gasteiger partial charge >= 0.3 is 0 Å². The summed E-state index contributed by atoms with van der Waals surface area (Å²) >= 11 is 0. The van der Waals surface area contributed by atoms with Crippen molar-refractivity contribution in [1.82, 2.24) is 0 Å². The highest BCUT2D eigenvalue weighted by molar-refractivity contribution is 6.21. The van der Waals surface area contributed by atoms with Crippen molar-refractivity contribution < 1.29 is 4.42 Å². The van der Waals surface area contributed by atoms with Crippen LogP contribution in [-0.4, -0.2) is 0 Å². The quantitative estimate of drug-likeness (QED) is 0.166. The second kappa shape index (κ2) is 13.4. The first kappa shape index (κ1) is 31.6. The second-order valence-electron chi connectivity index (χ2n) is 13.7. The highest BCUT2D eigenvalue weighted by Gasteiger charge is 2.20. The Morgan fingerprint density at radius 1 is 0.333 bits per heavy atom. The Labute approximate surface area is 314 Å². The lowest BCUT2D eigenvalue weighted by molar-refractivity contribution is 0.670. The Hall–Kier alpha value is -7.16. The Morgan fingerprint density at radius 2 is 0.796 bits per heavy atom. The van der Waals surface area contributed by atoms with Gasteiger partial charge in [0, 0.05) is 33.4 Å². The molecule has 54 heavy (non-hydrogen) atoms. The maximum atomic E-state index is 6.76. The van der Waals surface area contributed by atoms with Gasteiger partial charge in [0.05, 0.1) is 0 Å². The first-order valence-corrected chi connectivity index (χ1v) is 18.4. The maximum Gasteiger partial charge on any atom is 0.143 e. The molecule has 0 aliphatic heterocycles. The van der Waals surface area contributed by atoms with E-state index in [0.29, 0.717) is 0 Å². The van der Waals surface area contributed by atoms with E-state index >= 15 is 0 Å². The number of benzene rings is 9. The third-order valence-corrected chi connectivity index (χ3v) is 10.5. The van der Waals surface area contributed by atoms with Crippen molar-refractivity contribution in [2.75, 3.05) is 4.90 Å². The first-order chi connectivity index (χ1) is 26.8. The van der Waals surface area contributed by atoms with Gasteiger partial charge < -0.3 is 9.32 Å². The topological polar surface area (TPSA) is 16.4 Å². The molecule has 0 N–H and O–H groups in total. The molecule has 0 radical (unpaired) electrons. The molecule has 1 aromatic heterocycles. The minimum atomic E-state index is 0.887. The predicted octanol–water partition coefficient (Wildman–Crippen LogP) is 14.9. The molecular weight excluding hydrogens is 655 g/mol. The Balaban J connectivity index is 1.09. The molecule has 0 fully saturated rings. The largest absolute Gasteiger partial charge is 0.455 e. The first-order valence-electron chi connectivity index (χ1n) is 18.4. The monoisotopic (exact) mass is 689 g/mol. The summed E-state index contributed by atoms with van der Waals surface area (Å²) in [6.45, 7) is 0. The summed E-state index contributed by atoms with van der Waals surface area (Å²) in [6, 6.07) is 75.6. The highest BCUT2D eigenvalue weighted by atomic mass is 16.3. The van der Waals surface area contributed by atoms with Crippen LogP contribution in [0.5, 0.6) is 0 Å². The minimum Gasteiger partial charge on any atom is -0.455 e. The second-order valence-corrected chi connectivity index (χ2v) is 13.7. The molecule has 9 aromatic carbocycles. The van der Waals surface area contributed by atoms with E-state index in [0.717, 1.165) is 61.3 Å².